The molecule has 7 nitrogen and oxygen atoms in total. The van der Waals surface area contributed by atoms with Crippen molar-refractivity contribution in [1.29, 1.82) is 0 Å². The summed E-state index contributed by atoms with van der Waals surface area (Å²) in [5, 5.41) is 8.64. The molecule has 0 spiro atoms. The van der Waals surface area contributed by atoms with Crippen molar-refractivity contribution in [2.24, 2.45) is 10.8 Å². The van der Waals surface area contributed by atoms with Crippen LogP contribution in [0.3, 0.4) is 0 Å². The number of allylic oxidation sites excluding steroid dienone is 1. The summed E-state index contributed by atoms with van der Waals surface area (Å²) in [6.07, 6.45) is 12.0. The molecule has 0 bridgehead atoms. The van der Waals surface area contributed by atoms with E-state index in [1.165, 1.54) is 24.8 Å². The maximum atomic E-state index is 13.3. The zero-order valence-electron chi connectivity index (χ0n) is 30.2. The highest BCUT2D eigenvalue weighted by Gasteiger charge is 2.46. The maximum absolute atomic E-state index is 13.3. The van der Waals surface area contributed by atoms with Gasteiger partial charge in [-0.05, 0) is 56.0 Å². The van der Waals surface area contributed by atoms with Crippen LogP contribution in [0, 0.1) is 10.8 Å². The number of unbranched alkanes of at least 4 members (excludes halogenated alkanes) is 2. The molecule has 3 N–H and O–H groups in total. The van der Waals surface area contributed by atoms with Gasteiger partial charge in [-0.2, -0.15) is 0 Å². The highest BCUT2D eigenvalue weighted by molar-refractivity contribution is 5.90. The Labute approximate surface area is 270 Å². The highest BCUT2D eigenvalue weighted by Crippen LogP contribution is 2.39. The lowest BCUT2D eigenvalue weighted by Crippen LogP contribution is -2.58. The second-order valence-corrected chi connectivity index (χ2v) is 13.3. The second-order valence-electron chi connectivity index (χ2n) is 13.3. The minimum Gasteiger partial charge on any atom is -0.342 e. The highest BCUT2D eigenvalue weighted by atomic mass is 16.2. The van der Waals surface area contributed by atoms with Gasteiger partial charge in [-0.3, -0.25) is 14.4 Å². The maximum Gasteiger partial charge on any atom is 0.245 e. The van der Waals surface area contributed by atoms with Crippen molar-refractivity contribution >= 4 is 23.9 Å². The van der Waals surface area contributed by atoms with Crippen molar-refractivity contribution in [3.8, 4) is 0 Å². The largest absolute Gasteiger partial charge is 0.342 e. The van der Waals surface area contributed by atoms with Crippen LogP contribution in [0.1, 0.15) is 132 Å². The Kier molecular flexibility index (Phi) is 19.9. The molecule has 0 aromatic heterocycles. The lowest BCUT2D eigenvalue weighted by atomic mass is 9.81. The topological polar surface area (TPSA) is 90.5 Å². The van der Waals surface area contributed by atoms with Gasteiger partial charge < -0.3 is 20.9 Å². The Morgan fingerprint density at radius 1 is 1.07 bits per heavy atom. The molecule has 3 atom stereocenters. The minimum atomic E-state index is -0.506. The van der Waals surface area contributed by atoms with Gasteiger partial charge in [-0.15, -0.1) is 0 Å². The summed E-state index contributed by atoms with van der Waals surface area (Å²) in [6.45, 7) is 23.7. The van der Waals surface area contributed by atoms with E-state index in [0.717, 1.165) is 56.3 Å². The molecule has 7 heteroatoms. The number of amides is 3. The number of likely N-dealkylation sites (N-methyl/N-ethyl adjacent to an activating group) is 1. The number of hydrogen-bond donors (Lipinski definition) is 3. The zero-order chi connectivity index (χ0) is 33.9. The first-order chi connectivity index (χ1) is 20.8. The number of fused-ring (bicyclic) bond motifs is 1. The molecule has 1 aromatic carbocycles. The van der Waals surface area contributed by atoms with Crippen molar-refractivity contribution in [3.05, 3.63) is 41.5 Å². The number of benzene rings is 1. The Balaban J connectivity index is 0.000000765. The van der Waals surface area contributed by atoms with E-state index in [9.17, 15) is 14.4 Å². The quantitative estimate of drug-likeness (QED) is 0.238. The van der Waals surface area contributed by atoms with E-state index in [-0.39, 0.29) is 34.7 Å². The molecular formula is C37H66N4O3. The predicted molar refractivity (Wildman–Crippen MR) is 187 cm³/mol. The third-order valence-corrected chi connectivity index (χ3v) is 8.34. The smallest absolute Gasteiger partial charge is 0.245 e. The van der Waals surface area contributed by atoms with Gasteiger partial charge in [0.15, 0.2) is 0 Å². The van der Waals surface area contributed by atoms with E-state index in [0.29, 0.717) is 0 Å². The van der Waals surface area contributed by atoms with Crippen LogP contribution in [0.15, 0.2) is 30.3 Å². The van der Waals surface area contributed by atoms with E-state index < -0.39 is 6.04 Å². The van der Waals surface area contributed by atoms with Crippen molar-refractivity contribution in [1.82, 2.24) is 20.9 Å². The molecular weight excluding hydrogens is 548 g/mol. The number of aryl methyl sites for hydroxylation is 1. The third-order valence-electron chi connectivity index (χ3n) is 8.34. The zero-order valence-corrected chi connectivity index (χ0v) is 30.2. The van der Waals surface area contributed by atoms with E-state index in [4.69, 9.17) is 0 Å². The molecule has 2 aliphatic rings. The summed E-state index contributed by atoms with van der Waals surface area (Å²) < 4.78 is 0. The number of hydrogen-bond acceptors (Lipinski definition) is 4. The SMILES string of the molecule is CC.CCCCC.CCC[C@H]1N(C(=O)C(NC(=O)[C@H](C)NC)C(C)(C)C)CCC1(C)C.O=CNC1=CCCc2ccccc21. The van der Waals surface area contributed by atoms with Crippen LogP contribution in [0.4, 0.5) is 0 Å². The lowest BCUT2D eigenvalue weighted by Gasteiger charge is -2.38. The Hall–Kier alpha value is -2.67. The molecule has 0 radical (unpaired) electrons. The number of carbonyl (C=O) groups excluding carboxylic acids is 3. The van der Waals surface area contributed by atoms with Gasteiger partial charge in [0.25, 0.3) is 0 Å². The van der Waals surface area contributed by atoms with E-state index in [1.807, 2.05) is 57.7 Å². The van der Waals surface area contributed by atoms with Gasteiger partial charge in [-0.25, -0.2) is 0 Å². The molecule has 0 saturated carbocycles. The third kappa shape index (κ3) is 13.1. The van der Waals surface area contributed by atoms with Crippen LogP contribution >= 0.6 is 0 Å². The molecule has 3 amide bonds. The molecule has 1 aliphatic heterocycles. The standard InChI is InChI=1S/C19H37N3O2.C11H11NO.C5H12.C2H6/c1-9-10-14-19(6,7)11-12-22(14)17(24)15(18(3,4)5)21-16(23)13(2)20-8;13-8-12-11-7-3-5-9-4-1-2-6-10(9)11;1-3-5-4-2;1-2/h13-15,20H,9-12H2,1-8H3,(H,21,23);1-2,4,6-8H,3,5H2,(H,12,13);3-5H2,1-2H3;1-2H3/t13-,14+,15?;;;/m0.../s1. The molecule has 1 aliphatic carbocycles. The van der Waals surface area contributed by atoms with E-state index in [1.54, 1.807) is 14.0 Å². The van der Waals surface area contributed by atoms with E-state index in [2.05, 4.69) is 62.7 Å². The van der Waals surface area contributed by atoms with E-state index >= 15 is 0 Å². The fraction of sp³-hybridized carbons (Fsp3) is 0.703. The normalized spacial score (nSPS) is 17.9. The lowest BCUT2D eigenvalue weighted by molar-refractivity contribution is -0.141. The van der Waals surface area contributed by atoms with Crippen molar-refractivity contribution in [2.75, 3.05) is 13.6 Å². The van der Waals surface area contributed by atoms with Crippen molar-refractivity contribution < 1.29 is 14.4 Å². The molecule has 252 valence electrons. The summed E-state index contributed by atoms with van der Waals surface area (Å²) >= 11 is 0. The summed E-state index contributed by atoms with van der Waals surface area (Å²) in [5.41, 5.74) is 3.21. The first-order valence-corrected chi connectivity index (χ1v) is 17.1. The molecule has 1 unspecified atom stereocenters. The van der Waals surface area contributed by atoms with Gasteiger partial charge in [0, 0.05) is 23.8 Å². The summed E-state index contributed by atoms with van der Waals surface area (Å²) in [7, 11) is 1.75. The number of rotatable bonds is 10. The van der Waals surface area contributed by atoms with Gasteiger partial charge in [0.05, 0.1) is 6.04 Å². The molecule has 1 aromatic rings. The first kappa shape index (κ1) is 41.3. The van der Waals surface area contributed by atoms with Crippen LogP contribution in [-0.4, -0.2) is 54.8 Å². The Bertz CT molecular complexity index is 1010. The van der Waals surface area contributed by atoms with Crippen molar-refractivity contribution in [2.45, 2.75) is 146 Å². The van der Waals surface area contributed by atoms with Crippen LogP contribution < -0.4 is 16.0 Å². The van der Waals surface area contributed by atoms with Gasteiger partial charge in [-0.1, -0.05) is 125 Å². The predicted octanol–water partition coefficient (Wildman–Crippen LogP) is 7.49. The molecule has 1 saturated heterocycles. The number of nitrogens with zero attached hydrogens (tertiary/aromatic N) is 1. The fourth-order valence-electron chi connectivity index (χ4n) is 5.49. The average Bonchev–Trinajstić information content (AvgIpc) is 3.30. The number of likely N-dealkylation sites (tertiary alicyclic amines) is 1. The van der Waals surface area contributed by atoms with Gasteiger partial charge >= 0.3 is 0 Å². The van der Waals surface area contributed by atoms with Crippen LogP contribution in [0.5, 0.6) is 0 Å². The van der Waals surface area contributed by atoms with Crippen LogP contribution in [0.2, 0.25) is 0 Å². The Morgan fingerprint density at radius 3 is 2.18 bits per heavy atom. The number of carbonyl (C=O) groups is 3. The monoisotopic (exact) mass is 615 g/mol. The van der Waals surface area contributed by atoms with Gasteiger partial charge in [0.2, 0.25) is 18.2 Å². The molecule has 44 heavy (non-hydrogen) atoms. The summed E-state index contributed by atoms with van der Waals surface area (Å²) in [4.78, 5) is 38.0. The average molecular weight is 615 g/mol. The summed E-state index contributed by atoms with van der Waals surface area (Å²) in [6, 6.07) is 7.59. The molecule has 1 heterocycles. The van der Waals surface area contributed by atoms with Crippen LogP contribution in [-0.2, 0) is 20.8 Å². The minimum absolute atomic E-state index is 0.0585. The van der Waals surface area contributed by atoms with Crippen LogP contribution in [0.25, 0.3) is 5.70 Å². The second kappa shape index (κ2) is 21.1. The number of nitrogens with one attached hydrogen (secondary N) is 3. The fourth-order valence-corrected chi connectivity index (χ4v) is 5.49. The van der Waals surface area contributed by atoms with Gasteiger partial charge in [0.1, 0.15) is 6.04 Å². The molecule has 1 fully saturated rings. The molecule has 3 rings (SSSR count). The Morgan fingerprint density at radius 2 is 1.68 bits per heavy atom. The first-order valence-electron chi connectivity index (χ1n) is 17.1. The summed E-state index contributed by atoms with van der Waals surface area (Å²) in [5.74, 6) is -0.0700. The van der Waals surface area contributed by atoms with Crippen molar-refractivity contribution in [3.63, 3.8) is 0 Å².